The van der Waals surface area contributed by atoms with Crippen molar-refractivity contribution in [3.63, 3.8) is 0 Å². The molecule has 0 spiro atoms. The van der Waals surface area contributed by atoms with Gasteiger partial charge in [-0.25, -0.2) is 4.98 Å². The smallest absolute Gasteiger partial charge is 0.417 e. The van der Waals surface area contributed by atoms with E-state index in [9.17, 15) is 18.0 Å². The third-order valence-electron chi connectivity index (χ3n) is 3.58. The zero-order chi connectivity index (χ0) is 19.4. The molecule has 2 aromatic heterocycles. The molecule has 1 amide bonds. The second kappa shape index (κ2) is 7.48. The summed E-state index contributed by atoms with van der Waals surface area (Å²) >= 11 is 0. The molecule has 142 valence electrons. The Kier molecular flexibility index (Phi) is 5.10. The molecule has 1 aromatic carbocycles. The molecule has 0 radical (unpaired) electrons. The van der Waals surface area contributed by atoms with Crippen molar-refractivity contribution < 1.29 is 27.4 Å². The number of amides is 1. The van der Waals surface area contributed by atoms with Crippen LogP contribution in [0.25, 0.3) is 11.0 Å². The Bertz CT molecular complexity index is 941. The number of hydrogen-bond acceptors (Lipinski definition) is 6. The molecule has 27 heavy (non-hydrogen) atoms. The number of benzene rings is 1. The lowest BCUT2D eigenvalue weighted by molar-refractivity contribution is -0.137. The van der Waals surface area contributed by atoms with Crippen LogP contribution >= 0.6 is 0 Å². The van der Waals surface area contributed by atoms with E-state index in [1.807, 2.05) is 0 Å². The Morgan fingerprint density at radius 3 is 2.59 bits per heavy atom. The summed E-state index contributed by atoms with van der Waals surface area (Å²) in [6.45, 7) is 0.139. The first kappa shape index (κ1) is 18.4. The highest BCUT2D eigenvalue weighted by Crippen LogP contribution is 2.29. The van der Waals surface area contributed by atoms with Crippen LogP contribution in [-0.2, 0) is 6.18 Å². The highest BCUT2D eigenvalue weighted by atomic mass is 19.4. The van der Waals surface area contributed by atoms with Gasteiger partial charge in [-0.2, -0.15) is 28.6 Å². The van der Waals surface area contributed by atoms with Gasteiger partial charge >= 0.3 is 6.18 Å². The summed E-state index contributed by atoms with van der Waals surface area (Å²) in [5, 5.41) is 12.9. The molecule has 2 N–H and O–H groups in total. The van der Waals surface area contributed by atoms with E-state index in [2.05, 4.69) is 25.7 Å². The average molecular weight is 381 g/mol. The van der Waals surface area contributed by atoms with Crippen molar-refractivity contribution in [3.05, 3.63) is 41.6 Å². The SMILES string of the molecule is COc1cc2n[nH]nc2cc1C(=O)NCCOc1ccc(C(F)(F)F)cn1. The highest BCUT2D eigenvalue weighted by Gasteiger charge is 2.30. The summed E-state index contributed by atoms with van der Waals surface area (Å²) in [7, 11) is 1.43. The lowest BCUT2D eigenvalue weighted by Crippen LogP contribution is -2.28. The predicted molar refractivity (Wildman–Crippen MR) is 87.5 cm³/mol. The van der Waals surface area contributed by atoms with Crippen molar-refractivity contribution in [1.82, 2.24) is 25.7 Å². The number of rotatable bonds is 6. The quantitative estimate of drug-likeness (QED) is 0.635. The van der Waals surface area contributed by atoms with Crippen LogP contribution in [-0.4, -0.2) is 46.6 Å². The zero-order valence-electron chi connectivity index (χ0n) is 14.0. The van der Waals surface area contributed by atoms with Gasteiger partial charge in [0.25, 0.3) is 5.91 Å². The lowest BCUT2D eigenvalue weighted by Gasteiger charge is -2.10. The molecular formula is C16H14F3N5O3. The van der Waals surface area contributed by atoms with Gasteiger partial charge in [0.05, 0.1) is 24.8 Å². The lowest BCUT2D eigenvalue weighted by atomic mass is 10.1. The molecule has 8 nitrogen and oxygen atoms in total. The van der Waals surface area contributed by atoms with Crippen molar-refractivity contribution in [1.29, 1.82) is 0 Å². The Labute approximate surface area is 150 Å². The molecule has 3 rings (SSSR count). The first-order chi connectivity index (χ1) is 12.9. The number of carbonyl (C=O) groups is 1. The monoisotopic (exact) mass is 381 g/mol. The number of carbonyl (C=O) groups excluding carboxylic acids is 1. The molecule has 2 heterocycles. The second-order valence-electron chi connectivity index (χ2n) is 5.35. The highest BCUT2D eigenvalue weighted by molar-refractivity contribution is 6.00. The van der Waals surface area contributed by atoms with Gasteiger partial charge in [0.15, 0.2) is 0 Å². The van der Waals surface area contributed by atoms with E-state index in [0.717, 1.165) is 12.1 Å². The van der Waals surface area contributed by atoms with Crippen molar-refractivity contribution in [2.24, 2.45) is 0 Å². The summed E-state index contributed by atoms with van der Waals surface area (Å²) in [5.74, 6) is -0.0567. The van der Waals surface area contributed by atoms with E-state index in [1.54, 1.807) is 6.07 Å². The molecule has 0 bridgehead atoms. The van der Waals surface area contributed by atoms with Gasteiger partial charge in [-0.3, -0.25) is 4.79 Å². The number of nitrogens with one attached hydrogen (secondary N) is 2. The molecule has 0 saturated heterocycles. The number of alkyl halides is 3. The van der Waals surface area contributed by atoms with Crippen molar-refractivity contribution in [2.45, 2.75) is 6.18 Å². The molecule has 11 heteroatoms. The third-order valence-corrected chi connectivity index (χ3v) is 3.58. The number of nitrogens with zero attached hydrogens (tertiary/aromatic N) is 3. The van der Waals surface area contributed by atoms with Crippen molar-refractivity contribution >= 4 is 16.9 Å². The maximum atomic E-state index is 12.5. The van der Waals surface area contributed by atoms with Crippen LogP contribution < -0.4 is 14.8 Å². The molecular weight excluding hydrogens is 367 g/mol. The molecule has 0 aliphatic carbocycles. The number of methoxy groups -OCH3 is 1. The summed E-state index contributed by atoms with van der Waals surface area (Å²) in [4.78, 5) is 15.9. The van der Waals surface area contributed by atoms with Crippen molar-refractivity contribution in [3.8, 4) is 11.6 Å². The number of fused-ring (bicyclic) bond motifs is 1. The molecule has 0 saturated carbocycles. The summed E-state index contributed by atoms with van der Waals surface area (Å²) in [6.07, 6.45) is -3.77. The van der Waals surface area contributed by atoms with Crippen LogP contribution in [0.5, 0.6) is 11.6 Å². The number of hydrogen-bond donors (Lipinski definition) is 2. The van der Waals surface area contributed by atoms with E-state index in [4.69, 9.17) is 9.47 Å². The minimum Gasteiger partial charge on any atom is -0.496 e. The van der Waals surface area contributed by atoms with E-state index in [1.165, 1.54) is 13.2 Å². The van der Waals surface area contributed by atoms with E-state index in [0.29, 0.717) is 23.0 Å². The summed E-state index contributed by atoms with van der Waals surface area (Å²) in [5.41, 5.74) is 0.469. The van der Waals surface area contributed by atoms with Gasteiger partial charge in [0, 0.05) is 18.3 Å². The zero-order valence-corrected chi connectivity index (χ0v) is 14.0. The van der Waals surface area contributed by atoms with E-state index in [-0.39, 0.29) is 24.6 Å². The van der Waals surface area contributed by atoms with Gasteiger partial charge < -0.3 is 14.8 Å². The number of halogens is 3. The van der Waals surface area contributed by atoms with Gasteiger partial charge in [0.2, 0.25) is 5.88 Å². The first-order valence-corrected chi connectivity index (χ1v) is 7.71. The molecule has 0 aliphatic rings. The maximum Gasteiger partial charge on any atom is 0.417 e. The Balaban J connectivity index is 1.55. The minimum atomic E-state index is -4.45. The second-order valence-corrected chi connectivity index (χ2v) is 5.35. The van der Waals surface area contributed by atoms with Crippen LogP contribution in [0, 0.1) is 0 Å². The summed E-state index contributed by atoms with van der Waals surface area (Å²) in [6, 6.07) is 5.10. The number of aromatic amines is 1. The fourth-order valence-electron chi connectivity index (χ4n) is 2.26. The van der Waals surface area contributed by atoms with Crippen LogP contribution in [0.4, 0.5) is 13.2 Å². The molecule has 3 aromatic rings. The van der Waals surface area contributed by atoms with Crippen LogP contribution in [0.3, 0.4) is 0 Å². The van der Waals surface area contributed by atoms with Gasteiger partial charge in [-0.1, -0.05) is 0 Å². The topological polar surface area (TPSA) is 102 Å². The van der Waals surface area contributed by atoms with Gasteiger partial charge in [-0.15, -0.1) is 0 Å². The Morgan fingerprint density at radius 2 is 1.96 bits per heavy atom. The molecule has 0 fully saturated rings. The van der Waals surface area contributed by atoms with Crippen LogP contribution in [0.15, 0.2) is 30.5 Å². The van der Waals surface area contributed by atoms with Gasteiger partial charge in [-0.05, 0) is 12.1 Å². The Morgan fingerprint density at radius 1 is 1.22 bits per heavy atom. The standard InChI is InChI=1S/C16H14F3N5O3/c1-26-13-7-12-11(22-24-23-12)6-10(13)15(25)20-4-5-27-14-3-2-9(8-21-14)16(17,18)19/h2-3,6-8H,4-5H2,1H3,(H,20,25)(H,22,23,24). The minimum absolute atomic E-state index is 0.0264. The predicted octanol–water partition coefficient (Wildman–Crippen LogP) is 2.19. The number of aromatic nitrogens is 4. The average Bonchev–Trinajstić information content (AvgIpc) is 3.11. The Hall–Kier alpha value is -3.37. The third kappa shape index (κ3) is 4.25. The normalized spacial score (nSPS) is 11.4. The largest absolute Gasteiger partial charge is 0.496 e. The summed E-state index contributed by atoms with van der Waals surface area (Å²) < 4.78 is 47.8. The fraction of sp³-hybridized carbons (Fsp3) is 0.250. The number of ether oxygens (including phenoxy) is 2. The molecule has 0 unspecified atom stereocenters. The fourth-order valence-corrected chi connectivity index (χ4v) is 2.26. The maximum absolute atomic E-state index is 12.5. The van der Waals surface area contributed by atoms with Gasteiger partial charge in [0.1, 0.15) is 23.4 Å². The molecule has 0 atom stereocenters. The van der Waals surface area contributed by atoms with Crippen LogP contribution in [0.2, 0.25) is 0 Å². The number of pyridine rings is 1. The van der Waals surface area contributed by atoms with E-state index < -0.39 is 17.6 Å². The van der Waals surface area contributed by atoms with E-state index >= 15 is 0 Å². The van der Waals surface area contributed by atoms with Crippen LogP contribution in [0.1, 0.15) is 15.9 Å². The first-order valence-electron chi connectivity index (χ1n) is 7.71. The molecule has 0 aliphatic heterocycles. The van der Waals surface area contributed by atoms with Crippen molar-refractivity contribution in [2.75, 3.05) is 20.3 Å². The number of H-pyrrole nitrogens is 1.